The van der Waals surface area contributed by atoms with Crippen LogP contribution < -0.4 is 5.73 Å². The number of para-hydroxylation sites is 1. The first kappa shape index (κ1) is 10.2. The van der Waals surface area contributed by atoms with Crippen LogP contribution in [0.5, 0.6) is 0 Å². The molecule has 2 aromatic heterocycles. The van der Waals surface area contributed by atoms with E-state index in [2.05, 4.69) is 17.1 Å². The maximum atomic E-state index is 5.87. The molecule has 0 aliphatic carbocycles. The van der Waals surface area contributed by atoms with Crippen molar-refractivity contribution in [1.82, 2.24) is 4.98 Å². The lowest BCUT2D eigenvalue weighted by Crippen LogP contribution is -2.12. The highest BCUT2D eigenvalue weighted by molar-refractivity contribution is 5.84. The first-order valence-electron chi connectivity index (χ1n) is 5.69. The number of nitrogens with one attached hydrogen (secondary N) is 1. The van der Waals surface area contributed by atoms with Crippen molar-refractivity contribution in [2.45, 2.75) is 5.92 Å². The molecule has 1 atom stereocenters. The Balaban J connectivity index is 2.13. The number of nitrogens with two attached hydrogens (primary N) is 1. The second-order valence-electron chi connectivity index (χ2n) is 4.09. The number of furan rings is 1. The lowest BCUT2D eigenvalue weighted by atomic mass is 9.96. The first-order valence-corrected chi connectivity index (χ1v) is 5.69. The van der Waals surface area contributed by atoms with Crippen LogP contribution in [0.4, 0.5) is 0 Å². The molecule has 0 bridgehead atoms. The SMILES string of the molecule is NC[C@H](c1ccco1)c1c[nH]c2ccccc12. The Morgan fingerprint density at radius 2 is 2.06 bits per heavy atom. The highest BCUT2D eigenvalue weighted by atomic mass is 16.3. The summed E-state index contributed by atoms with van der Waals surface area (Å²) >= 11 is 0. The topological polar surface area (TPSA) is 54.9 Å². The Labute approximate surface area is 99.2 Å². The van der Waals surface area contributed by atoms with E-state index >= 15 is 0 Å². The first-order chi connectivity index (χ1) is 8.40. The monoisotopic (exact) mass is 226 g/mol. The normalized spacial score (nSPS) is 13.0. The van der Waals surface area contributed by atoms with Crippen molar-refractivity contribution in [2.24, 2.45) is 5.73 Å². The van der Waals surface area contributed by atoms with Gasteiger partial charge in [-0.2, -0.15) is 0 Å². The number of H-pyrrole nitrogens is 1. The number of aromatic nitrogens is 1. The summed E-state index contributed by atoms with van der Waals surface area (Å²) in [6, 6.07) is 12.1. The summed E-state index contributed by atoms with van der Waals surface area (Å²) in [5.74, 6) is 1.03. The van der Waals surface area contributed by atoms with Crippen molar-refractivity contribution in [1.29, 1.82) is 0 Å². The summed E-state index contributed by atoms with van der Waals surface area (Å²) in [4.78, 5) is 3.27. The molecule has 0 spiro atoms. The zero-order valence-corrected chi connectivity index (χ0v) is 9.39. The van der Waals surface area contributed by atoms with Gasteiger partial charge in [-0.1, -0.05) is 18.2 Å². The number of fused-ring (bicyclic) bond motifs is 1. The van der Waals surface area contributed by atoms with E-state index in [0.29, 0.717) is 6.54 Å². The number of rotatable bonds is 3. The van der Waals surface area contributed by atoms with Crippen LogP contribution in [0.25, 0.3) is 10.9 Å². The van der Waals surface area contributed by atoms with Crippen molar-refractivity contribution in [2.75, 3.05) is 6.54 Å². The molecule has 0 amide bonds. The van der Waals surface area contributed by atoms with E-state index in [1.165, 1.54) is 10.9 Å². The third-order valence-electron chi connectivity index (χ3n) is 3.12. The van der Waals surface area contributed by atoms with E-state index in [1.54, 1.807) is 6.26 Å². The van der Waals surface area contributed by atoms with Gasteiger partial charge < -0.3 is 15.1 Å². The smallest absolute Gasteiger partial charge is 0.112 e. The Hall–Kier alpha value is -2.00. The summed E-state index contributed by atoms with van der Waals surface area (Å²) in [5.41, 5.74) is 8.20. The molecule has 0 unspecified atom stereocenters. The van der Waals surface area contributed by atoms with Gasteiger partial charge in [0.1, 0.15) is 5.76 Å². The van der Waals surface area contributed by atoms with Crippen LogP contribution in [-0.4, -0.2) is 11.5 Å². The Bertz CT molecular complexity index is 610. The van der Waals surface area contributed by atoms with Crippen molar-refractivity contribution in [3.05, 3.63) is 60.2 Å². The minimum atomic E-state index is 0.112. The molecule has 17 heavy (non-hydrogen) atoms. The molecule has 0 aliphatic heterocycles. The largest absolute Gasteiger partial charge is 0.469 e. The van der Waals surface area contributed by atoms with Gasteiger partial charge in [-0.3, -0.25) is 0 Å². The van der Waals surface area contributed by atoms with Crippen LogP contribution in [0.1, 0.15) is 17.2 Å². The predicted octanol–water partition coefficient (Wildman–Crippen LogP) is 2.85. The van der Waals surface area contributed by atoms with Crippen LogP contribution in [0, 0.1) is 0 Å². The lowest BCUT2D eigenvalue weighted by Gasteiger charge is -2.10. The molecule has 0 aliphatic rings. The zero-order chi connectivity index (χ0) is 11.7. The van der Waals surface area contributed by atoms with E-state index in [-0.39, 0.29) is 5.92 Å². The second-order valence-corrected chi connectivity index (χ2v) is 4.09. The maximum Gasteiger partial charge on any atom is 0.112 e. The third kappa shape index (κ3) is 1.65. The number of hydrogen-bond donors (Lipinski definition) is 2. The van der Waals surface area contributed by atoms with Crippen molar-refractivity contribution in [3.63, 3.8) is 0 Å². The zero-order valence-electron chi connectivity index (χ0n) is 9.39. The van der Waals surface area contributed by atoms with Gasteiger partial charge in [0.2, 0.25) is 0 Å². The van der Waals surface area contributed by atoms with E-state index in [0.717, 1.165) is 11.3 Å². The predicted molar refractivity (Wildman–Crippen MR) is 67.9 cm³/mol. The van der Waals surface area contributed by atoms with E-state index in [1.807, 2.05) is 30.5 Å². The van der Waals surface area contributed by atoms with E-state index < -0.39 is 0 Å². The molecule has 86 valence electrons. The molecule has 0 saturated heterocycles. The molecule has 3 heteroatoms. The Kier molecular flexibility index (Phi) is 2.46. The molecule has 0 radical (unpaired) electrons. The molecule has 0 saturated carbocycles. The average Bonchev–Trinajstić information content (AvgIpc) is 3.01. The molecule has 0 fully saturated rings. The van der Waals surface area contributed by atoms with Crippen LogP contribution in [0.3, 0.4) is 0 Å². The minimum absolute atomic E-state index is 0.112. The Morgan fingerprint density at radius 1 is 1.18 bits per heavy atom. The fourth-order valence-electron chi connectivity index (χ4n) is 2.27. The fraction of sp³-hybridized carbons (Fsp3) is 0.143. The summed E-state index contributed by atoms with van der Waals surface area (Å²) in [7, 11) is 0. The molecule has 3 aromatic rings. The maximum absolute atomic E-state index is 5.87. The van der Waals surface area contributed by atoms with Crippen molar-refractivity contribution < 1.29 is 4.42 Å². The molecular formula is C14H14N2O. The average molecular weight is 226 g/mol. The van der Waals surface area contributed by atoms with Gasteiger partial charge in [-0.05, 0) is 23.8 Å². The lowest BCUT2D eigenvalue weighted by molar-refractivity contribution is 0.488. The van der Waals surface area contributed by atoms with Crippen molar-refractivity contribution in [3.8, 4) is 0 Å². The Morgan fingerprint density at radius 3 is 2.82 bits per heavy atom. The van der Waals surface area contributed by atoms with Gasteiger partial charge in [0.25, 0.3) is 0 Å². The van der Waals surface area contributed by atoms with Crippen molar-refractivity contribution >= 4 is 10.9 Å². The van der Waals surface area contributed by atoms with Gasteiger partial charge in [0, 0.05) is 23.6 Å². The van der Waals surface area contributed by atoms with E-state index in [9.17, 15) is 0 Å². The van der Waals surface area contributed by atoms with Gasteiger partial charge in [0.05, 0.1) is 12.2 Å². The number of benzene rings is 1. The van der Waals surface area contributed by atoms with Crippen LogP contribution in [0.2, 0.25) is 0 Å². The minimum Gasteiger partial charge on any atom is -0.469 e. The third-order valence-corrected chi connectivity index (χ3v) is 3.12. The summed E-state index contributed by atoms with van der Waals surface area (Å²) in [6.45, 7) is 0.537. The molecular weight excluding hydrogens is 212 g/mol. The summed E-state index contributed by atoms with van der Waals surface area (Å²) in [6.07, 6.45) is 3.71. The molecule has 3 N–H and O–H groups in total. The standard InChI is InChI=1S/C14H14N2O/c15-8-11(14-6-3-7-17-14)12-9-16-13-5-2-1-4-10(12)13/h1-7,9,11,16H,8,15H2/t11-/m0/s1. The number of hydrogen-bond acceptors (Lipinski definition) is 2. The van der Waals surface area contributed by atoms with Crippen LogP contribution in [0.15, 0.2) is 53.3 Å². The highest BCUT2D eigenvalue weighted by Crippen LogP contribution is 2.30. The summed E-state index contributed by atoms with van der Waals surface area (Å²) < 4.78 is 5.47. The van der Waals surface area contributed by atoms with Gasteiger partial charge >= 0.3 is 0 Å². The highest BCUT2D eigenvalue weighted by Gasteiger charge is 2.18. The van der Waals surface area contributed by atoms with Gasteiger partial charge in [-0.25, -0.2) is 0 Å². The fourth-order valence-corrected chi connectivity index (χ4v) is 2.27. The van der Waals surface area contributed by atoms with Gasteiger partial charge in [-0.15, -0.1) is 0 Å². The van der Waals surface area contributed by atoms with Gasteiger partial charge in [0.15, 0.2) is 0 Å². The molecule has 3 rings (SSSR count). The van der Waals surface area contributed by atoms with E-state index in [4.69, 9.17) is 10.2 Å². The van der Waals surface area contributed by atoms with Crippen LogP contribution >= 0.6 is 0 Å². The van der Waals surface area contributed by atoms with Crippen LogP contribution in [-0.2, 0) is 0 Å². The summed E-state index contributed by atoms with van der Waals surface area (Å²) in [5, 5.41) is 1.21. The molecule has 1 aromatic carbocycles. The molecule has 2 heterocycles. The molecule has 3 nitrogen and oxygen atoms in total. The second kappa shape index (κ2) is 4.11. The number of aromatic amines is 1. The quantitative estimate of drug-likeness (QED) is 0.721.